The van der Waals surface area contributed by atoms with Crippen molar-refractivity contribution in [2.75, 3.05) is 0 Å². The van der Waals surface area contributed by atoms with Crippen molar-refractivity contribution in [2.24, 2.45) is 0 Å². The summed E-state index contributed by atoms with van der Waals surface area (Å²) in [7, 11) is 0. The molecule has 0 spiro atoms. The Balaban J connectivity index is 2.21. The average Bonchev–Trinajstić information content (AvgIpc) is 2.90. The predicted octanol–water partition coefficient (Wildman–Crippen LogP) is 5.16. The van der Waals surface area contributed by atoms with Gasteiger partial charge in [-0.05, 0) is 34.7 Å². The van der Waals surface area contributed by atoms with Gasteiger partial charge in [0.25, 0.3) is 0 Å². The lowest BCUT2D eigenvalue weighted by molar-refractivity contribution is 0.0697. The largest absolute Gasteiger partial charge is 0.478 e. The molecule has 0 saturated carbocycles. The van der Waals surface area contributed by atoms with Crippen LogP contribution >= 0.6 is 27.3 Å². The van der Waals surface area contributed by atoms with E-state index in [-0.39, 0.29) is 0 Å². The maximum Gasteiger partial charge on any atom is 0.335 e. The molecule has 1 aromatic heterocycles. The fourth-order valence-electron chi connectivity index (χ4n) is 2.23. The number of carbonyl (C=O) groups is 1. The molecule has 3 rings (SSSR count). The molecule has 4 heteroatoms. The molecule has 0 unspecified atom stereocenters. The van der Waals surface area contributed by atoms with Crippen molar-refractivity contribution in [1.82, 2.24) is 0 Å². The molecular formula is C16H11BrO2S. The van der Waals surface area contributed by atoms with Crippen LogP contribution in [0.3, 0.4) is 0 Å². The average molecular weight is 347 g/mol. The van der Waals surface area contributed by atoms with Crippen LogP contribution in [0.1, 0.15) is 15.2 Å². The SMILES string of the molecule is O=C(O)c1cccc(-c2cccc3cc(CBr)sc23)c1. The molecule has 100 valence electrons. The first kappa shape index (κ1) is 13.3. The fourth-order valence-corrected chi connectivity index (χ4v) is 3.78. The van der Waals surface area contributed by atoms with Crippen LogP contribution in [0.25, 0.3) is 21.2 Å². The van der Waals surface area contributed by atoms with Crippen molar-refractivity contribution < 1.29 is 9.90 Å². The zero-order chi connectivity index (χ0) is 14.1. The van der Waals surface area contributed by atoms with Crippen molar-refractivity contribution in [3.05, 3.63) is 59.0 Å². The minimum atomic E-state index is -0.897. The second kappa shape index (κ2) is 5.38. The number of hydrogen-bond donors (Lipinski definition) is 1. The second-order valence-corrected chi connectivity index (χ2v) is 6.15. The zero-order valence-corrected chi connectivity index (χ0v) is 12.9. The Hall–Kier alpha value is -1.65. The van der Waals surface area contributed by atoms with Crippen LogP contribution in [0.4, 0.5) is 0 Å². The molecule has 2 nitrogen and oxygen atoms in total. The van der Waals surface area contributed by atoms with Crippen LogP contribution in [0.5, 0.6) is 0 Å². The van der Waals surface area contributed by atoms with Crippen LogP contribution in [0.2, 0.25) is 0 Å². The second-order valence-electron chi connectivity index (χ2n) is 4.46. The molecule has 0 amide bonds. The number of rotatable bonds is 3. The van der Waals surface area contributed by atoms with E-state index in [4.69, 9.17) is 5.11 Å². The molecule has 0 atom stereocenters. The summed E-state index contributed by atoms with van der Waals surface area (Å²) >= 11 is 5.22. The van der Waals surface area contributed by atoms with Crippen molar-refractivity contribution in [3.63, 3.8) is 0 Å². The third-order valence-corrected chi connectivity index (χ3v) is 5.31. The Labute approximate surface area is 128 Å². The highest BCUT2D eigenvalue weighted by Crippen LogP contribution is 2.35. The summed E-state index contributed by atoms with van der Waals surface area (Å²) in [5.74, 6) is -0.897. The normalized spacial score (nSPS) is 10.8. The first-order valence-electron chi connectivity index (χ1n) is 6.10. The lowest BCUT2D eigenvalue weighted by atomic mass is 10.0. The van der Waals surface area contributed by atoms with Gasteiger partial charge in [0.15, 0.2) is 0 Å². The number of carboxylic acids is 1. The number of halogens is 1. The summed E-state index contributed by atoms with van der Waals surface area (Å²) in [6.45, 7) is 0. The molecule has 3 aromatic rings. The van der Waals surface area contributed by atoms with Gasteiger partial charge in [-0.25, -0.2) is 4.79 Å². The summed E-state index contributed by atoms with van der Waals surface area (Å²) in [6.07, 6.45) is 0. The quantitative estimate of drug-likeness (QED) is 0.665. The van der Waals surface area contributed by atoms with E-state index in [9.17, 15) is 4.79 Å². The fraction of sp³-hybridized carbons (Fsp3) is 0.0625. The Morgan fingerprint density at radius 2 is 1.95 bits per heavy atom. The van der Waals surface area contributed by atoms with E-state index in [2.05, 4.69) is 28.1 Å². The van der Waals surface area contributed by atoms with E-state index in [0.29, 0.717) is 5.56 Å². The van der Waals surface area contributed by atoms with Gasteiger partial charge in [-0.3, -0.25) is 0 Å². The predicted molar refractivity (Wildman–Crippen MR) is 86.9 cm³/mol. The van der Waals surface area contributed by atoms with E-state index in [1.165, 1.54) is 15.0 Å². The van der Waals surface area contributed by atoms with E-state index < -0.39 is 5.97 Å². The van der Waals surface area contributed by atoms with Crippen LogP contribution in [0.15, 0.2) is 48.5 Å². The lowest BCUT2D eigenvalue weighted by Gasteiger charge is -2.04. The van der Waals surface area contributed by atoms with Crippen LogP contribution < -0.4 is 0 Å². The number of fused-ring (bicyclic) bond motifs is 1. The van der Waals surface area contributed by atoms with Gasteiger partial charge in [-0.1, -0.05) is 46.3 Å². The highest BCUT2D eigenvalue weighted by molar-refractivity contribution is 9.08. The summed E-state index contributed by atoms with van der Waals surface area (Å²) in [5, 5.41) is 11.1. The third-order valence-electron chi connectivity index (χ3n) is 3.15. The van der Waals surface area contributed by atoms with Gasteiger partial charge < -0.3 is 5.11 Å². The molecule has 20 heavy (non-hydrogen) atoms. The maximum atomic E-state index is 11.1. The maximum absolute atomic E-state index is 11.1. The van der Waals surface area contributed by atoms with Gasteiger partial charge in [0.2, 0.25) is 0 Å². The number of hydrogen-bond acceptors (Lipinski definition) is 2. The molecule has 0 radical (unpaired) electrons. The van der Waals surface area contributed by atoms with Crippen LogP contribution in [0, 0.1) is 0 Å². The van der Waals surface area contributed by atoms with Crippen molar-refractivity contribution >= 4 is 43.3 Å². The van der Waals surface area contributed by atoms with E-state index in [1.807, 2.05) is 18.2 Å². The minimum absolute atomic E-state index is 0.316. The molecule has 0 aliphatic carbocycles. The van der Waals surface area contributed by atoms with Crippen molar-refractivity contribution in [1.29, 1.82) is 0 Å². The molecule has 0 saturated heterocycles. The Bertz CT molecular complexity index is 792. The molecular weight excluding hydrogens is 336 g/mol. The smallest absolute Gasteiger partial charge is 0.335 e. The van der Waals surface area contributed by atoms with Crippen molar-refractivity contribution in [2.45, 2.75) is 5.33 Å². The van der Waals surface area contributed by atoms with Crippen LogP contribution in [-0.4, -0.2) is 11.1 Å². The van der Waals surface area contributed by atoms with Gasteiger partial charge in [-0.2, -0.15) is 0 Å². The monoisotopic (exact) mass is 346 g/mol. The first-order valence-corrected chi connectivity index (χ1v) is 8.04. The standard InChI is InChI=1S/C16H11BrO2S/c17-9-13-8-11-4-2-6-14(15(11)20-13)10-3-1-5-12(7-10)16(18)19/h1-8H,9H2,(H,18,19). The van der Waals surface area contributed by atoms with E-state index in [0.717, 1.165) is 16.5 Å². The number of benzene rings is 2. The number of thiophene rings is 1. The molecule has 1 N–H and O–H groups in total. The first-order chi connectivity index (χ1) is 9.69. The minimum Gasteiger partial charge on any atom is -0.478 e. The third kappa shape index (κ3) is 2.37. The Kier molecular flexibility index (Phi) is 3.59. The zero-order valence-electron chi connectivity index (χ0n) is 10.5. The van der Waals surface area contributed by atoms with Gasteiger partial charge >= 0.3 is 5.97 Å². The summed E-state index contributed by atoms with van der Waals surface area (Å²) in [5.41, 5.74) is 2.35. The molecule has 0 aliphatic heterocycles. The lowest BCUT2D eigenvalue weighted by Crippen LogP contribution is -1.95. The molecule has 0 bridgehead atoms. The van der Waals surface area contributed by atoms with Gasteiger partial charge in [-0.15, -0.1) is 11.3 Å². The molecule has 1 heterocycles. The summed E-state index contributed by atoms with van der Waals surface area (Å²) in [6, 6.07) is 15.4. The van der Waals surface area contributed by atoms with E-state index >= 15 is 0 Å². The topological polar surface area (TPSA) is 37.3 Å². The van der Waals surface area contributed by atoms with Gasteiger partial charge in [0.05, 0.1) is 5.56 Å². The molecule has 0 fully saturated rings. The van der Waals surface area contributed by atoms with Crippen LogP contribution in [-0.2, 0) is 5.33 Å². The highest BCUT2D eigenvalue weighted by Gasteiger charge is 2.10. The summed E-state index contributed by atoms with van der Waals surface area (Å²) < 4.78 is 1.20. The number of aromatic carboxylic acids is 1. The van der Waals surface area contributed by atoms with E-state index in [1.54, 1.807) is 29.5 Å². The number of alkyl halides is 1. The Morgan fingerprint density at radius 3 is 2.70 bits per heavy atom. The molecule has 2 aromatic carbocycles. The van der Waals surface area contributed by atoms with Gasteiger partial charge in [0.1, 0.15) is 0 Å². The molecule has 0 aliphatic rings. The highest BCUT2D eigenvalue weighted by atomic mass is 79.9. The van der Waals surface area contributed by atoms with Crippen molar-refractivity contribution in [3.8, 4) is 11.1 Å². The number of carboxylic acid groups (broad SMARTS) is 1. The Morgan fingerprint density at radius 1 is 1.15 bits per heavy atom. The van der Waals surface area contributed by atoms with Gasteiger partial charge in [0, 0.05) is 14.9 Å². The summed E-state index contributed by atoms with van der Waals surface area (Å²) in [4.78, 5) is 12.4.